The van der Waals surface area contributed by atoms with E-state index >= 15 is 0 Å². The van der Waals surface area contributed by atoms with E-state index in [-0.39, 0.29) is 44.2 Å². The van der Waals surface area contributed by atoms with Crippen molar-refractivity contribution in [2.75, 3.05) is 13.2 Å². The molecule has 3 aromatic rings. The van der Waals surface area contributed by atoms with Crippen LogP contribution in [0.25, 0.3) is 10.4 Å². The number of rotatable bonds is 12. The molecule has 49 heavy (non-hydrogen) atoms. The van der Waals surface area contributed by atoms with Gasteiger partial charge < -0.3 is 40.5 Å². The molecule has 0 unspecified atom stereocenters. The Labute approximate surface area is 288 Å². The van der Waals surface area contributed by atoms with Crippen molar-refractivity contribution in [3.63, 3.8) is 0 Å². The Kier molecular flexibility index (Phi) is 11.0. The Bertz CT molecular complexity index is 1640. The monoisotopic (exact) mass is 694 g/mol. The molecule has 5 rings (SSSR count). The maximum atomic E-state index is 13.9. The summed E-state index contributed by atoms with van der Waals surface area (Å²) in [7, 11) is 0. The highest BCUT2D eigenvalue weighted by atomic mass is 32.1. The van der Waals surface area contributed by atoms with E-state index in [2.05, 4.69) is 25.9 Å². The summed E-state index contributed by atoms with van der Waals surface area (Å²) >= 11 is 1.57. The summed E-state index contributed by atoms with van der Waals surface area (Å²) in [6.45, 7) is 7.21. The average molecular weight is 695 g/mol. The van der Waals surface area contributed by atoms with Crippen molar-refractivity contribution >= 4 is 35.2 Å². The van der Waals surface area contributed by atoms with Gasteiger partial charge >= 0.3 is 6.09 Å². The summed E-state index contributed by atoms with van der Waals surface area (Å²) in [5, 5.41) is 27.3. The molecule has 3 heterocycles. The molecule has 14 nitrogen and oxygen atoms in total. The number of pyridine rings is 1. The standard InChI is InChI=1S/C34H42N6O8S/c1-19-29(49-18-37-19)21-7-5-20(6-8-21)14-36-31(43)26-13-23(41)16-40(26)32(44)30(34(2,3)4)39-27(42)17-47-24-9-10-28(35-15-24)48-25-11-22(12-25)38-33(45)46/h5-10,15,18,22-23,25-26,30,38,41H,11-14,16-17H2,1-4H3,(H,36,43)(H,39,42)(H,45,46)/t22?,23-,25?,26+,30-/m1/s1. The molecule has 2 aliphatic rings. The molecule has 1 aromatic carbocycles. The van der Waals surface area contributed by atoms with Crippen LogP contribution < -0.4 is 25.4 Å². The second-order valence-electron chi connectivity index (χ2n) is 13.4. The minimum atomic E-state index is -1.07. The number of nitrogens with one attached hydrogen (secondary N) is 3. The topological polar surface area (TPSA) is 192 Å². The predicted octanol–water partition coefficient (Wildman–Crippen LogP) is 2.88. The van der Waals surface area contributed by atoms with Crippen molar-refractivity contribution in [3.8, 4) is 22.1 Å². The summed E-state index contributed by atoms with van der Waals surface area (Å²) in [6, 6.07) is 8.97. The summed E-state index contributed by atoms with van der Waals surface area (Å²) in [5.74, 6) is -0.740. The largest absolute Gasteiger partial charge is 0.482 e. The highest BCUT2D eigenvalue weighted by Crippen LogP contribution is 2.29. The van der Waals surface area contributed by atoms with Gasteiger partial charge in [-0.05, 0) is 29.5 Å². The van der Waals surface area contributed by atoms with Crippen LogP contribution in [0.2, 0.25) is 0 Å². The van der Waals surface area contributed by atoms with Crippen molar-refractivity contribution in [2.45, 2.75) is 83.8 Å². The minimum absolute atomic E-state index is 0.0313. The normalized spacial score (nSPS) is 20.9. The van der Waals surface area contributed by atoms with E-state index in [9.17, 15) is 24.3 Å². The Hall–Kier alpha value is -4.76. The number of aliphatic hydroxyl groups excluding tert-OH is 1. The van der Waals surface area contributed by atoms with Gasteiger partial charge in [-0.15, -0.1) is 11.3 Å². The minimum Gasteiger partial charge on any atom is -0.482 e. The van der Waals surface area contributed by atoms with E-state index in [1.807, 2.05) is 31.2 Å². The number of aliphatic hydroxyl groups is 1. The fourth-order valence-corrected chi connectivity index (χ4v) is 6.59. The molecular formula is C34H42N6O8S. The van der Waals surface area contributed by atoms with Gasteiger partial charge in [0.15, 0.2) is 6.61 Å². The SMILES string of the molecule is Cc1ncsc1-c1ccc(CNC(=O)[C@@H]2C[C@@H](O)CN2C(=O)[C@@H](NC(=O)COc2ccc(OC3CC(NC(=O)O)C3)nc2)C(C)(C)C)cc1. The van der Waals surface area contributed by atoms with Crippen molar-refractivity contribution in [1.29, 1.82) is 0 Å². The number of carboxylic acid groups (broad SMARTS) is 1. The van der Waals surface area contributed by atoms with Gasteiger partial charge in [0.2, 0.25) is 17.7 Å². The van der Waals surface area contributed by atoms with Crippen LogP contribution >= 0.6 is 11.3 Å². The lowest BCUT2D eigenvalue weighted by Crippen LogP contribution is -2.58. The smallest absolute Gasteiger partial charge is 0.404 e. The van der Waals surface area contributed by atoms with Crippen molar-refractivity contribution in [3.05, 3.63) is 59.4 Å². The van der Waals surface area contributed by atoms with Crippen molar-refractivity contribution < 1.29 is 38.9 Å². The van der Waals surface area contributed by atoms with Crippen LogP contribution in [0.1, 0.15) is 51.3 Å². The number of aryl methyl sites for hydroxylation is 1. The first-order valence-corrected chi connectivity index (χ1v) is 16.9. The summed E-state index contributed by atoms with van der Waals surface area (Å²) in [5.41, 5.74) is 3.97. The number of amides is 4. The van der Waals surface area contributed by atoms with Crippen LogP contribution in [-0.2, 0) is 20.9 Å². The molecule has 262 valence electrons. The third-order valence-corrected chi connectivity index (χ3v) is 9.48. The Morgan fingerprint density at radius 3 is 2.41 bits per heavy atom. The predicted molar refractivity (Wildman–Crippen MR) is 180 cm³/mol. The number of thiazole rings is 1. The number of hydrogen-bond acceptors (Lipinski definition) is 10. The summed E-state index contributed by atoms with van der Waals surface area (Å²) in [4.78, 5) is 61.8. The molecule has 1 saturated carbocycles. The number of nitrogens with zero attached hydrogens (tertiary/aromatic N) is 3. The molecule has 3 atom stereocenters. The fraction of sp³-hybridized carbons (Fsp3) is 0.471. The van der Waals surface area contributed by atoms with Gasteiger partial charge in [0.1, 0.15) is 23.9 Å². The molecule has 2 fully saturated rings. The van der Waals surface area contributed by atoms with Crippen LogP contribution in [0, 0.1) is 12.3 Å². The Morgan fingerprint density at radius 2 is 1.80 bits per heavy atom. The molecule has 4 amide bonds. The Balaban J connectivity index is 1.13. The van der Waals surface area contributed by atoms with Crippen LogP contribution in [0.3, 0.4) is 0 Å². The zero-order valence-corrected chi connectivity index (χ0v) is 28.7. The van der Waals surface area contributed by atoms with Crippen LogP contribution in [-0.4, -0.2) is 92.4 Å². The van der Waals surface area contributed by atoms with Gasteiger partial charge in [0.25, 0.3) is 5.91 Å². The van der Waals surface area contributed by atoms with E-state index in [0.29, 0.717) is 24.5 Å². The second kappa shape index (κ2) is 15.2. The molecule has 1 saturated heterocycles. The van der Waals surface area contributed by atoms with Crippen molar-refractivity contribution in [2.24, 2.45) is 5.41 Å². The average Bonchev–Trinajstić information content (AvgIpc) is 3.65. The quantitative estimate of drug-likeness (QED) is 0.188. The van der Waals surface area contributed by atoms with Gasteiger partial charge in [0.05, 0.1) is 28.4 Å². The molecule has 15 heteroatoms. The van der Waals surface area contributed by atoms with Crippen molar-refractivity contribution in [1.82, 2.24) is 30.8 Å². The molecule has 1 aliphatic heterocycles. The van der Waals surface area contributed by atoms with Crippen LogP contribution in [0.5, 0.6) is 11.6 Å². The number of benzene rings is 1. The zero-order valence-electron chi connectivity index (χ0n) is 27.8. The number of carbonyl (C=O) groups is 4. The highest BCUT2D eigenvalue weighted by Gasteiger charge is 2.44. The zero-order chi connectivity index (χ0) is 35.3. The molecule has 0 spiro atoms. The lowest BCUT2D eigenvalue weighted by Gasteiger charge is -2.35. The number of hydrogen-bond donors (Lipinski definition) is 5. The van der Waals surface area contributed by atoms with Gasteiger partial charge in [-0.3, -0.25) is 14.4 Å². The van der Waals surface area contributed by atoms with Gasteiger partial charge in [-0.2, -0.15) is 0 Å². The number of likely N-dealkylation sites (tertiary alicyclic amines) is 1. The van der Waals surface area contributed by atoms with E-state index in [4.69, 9.17) is 14.6 Å². The fourth-order valence-electron chi connectivity index (χ4n) is 5.78. The number of β-amino-alcohol motifs (C(OH)–C–C–N with tert-alkyl or cyclic N) is 1. The van der Waals surface area contributed by atoms with Gasteiger partial charge in [-0.1, -0.05) is 45.0 Å². The van der Waals surface area contributed by atoms with E-state index < -0.39 is 41.5 Å². The number of carbonyl (C=O) groups excluding carboxylic acids is 3. The maximum Gasteiger partial charge on any atom is 0.404 e. The highest BCUT2D eigenvalue weighted by molar-refractivity contribution is 7.13. The molecule has 5 N–H and O–H groups in total. The number of aromatic nitrogens is 2. The van der Waals surface area contributed by atoms with Crippen LogP contribution in [0.4, 0.5) is 4.79 Å². The lowest BCUT2D eigenvalue weighted by molar-refractivity contribution is -0.144. The molecule has 1 aliphatic carbocycles. The van der Waals surface area contributed by atoms with Gasteiger partial charge in [-0.25, -0.2) is 14.8 Å². The third kappa shape index (κ3) is 9.23. The first-order valence-electron chi connectivity index (χ1n) is 16.1. The van der Waals surface area contributed by atoms with E-state index in [0.717, 1.165) is 21.7 Å². The second-order valence-corrected chi connectivity index (χ2v) is 14.3. The molecule has 2 aromatic heterocycles. The van der Waals surface area contributed by atoms with E-state index in [1.54, 1.807) is 49.8 Å². The summed E-state index contributed by atoms with van der Waals surface area (Å²) < 4.78 is 11.3. The summed E-state index contributed by atoms with van der Waals surface area (Å²) in [6.07, 6.45) is 0.495. The van der Waals surface area contributed by atoms with Crippen LogP contribution in [0.15, 0.2) is 48.1 Å². The molecule has 0 bridgehead atoms. The Morgan fingerprint density at radius 1 is 1.06 bits per heavy atom. The van der Waals surface area contributed by atoms with E-state index in [1.165, 1.54) is 11.1 Å². The lowest BCUT2D eigenvalue weighted by atomic mass is 9.85. The maximum absolute atomic E-state index is 13.9. The number of ether oxygens (including phenoxy) is 2. The first-order chi connectivity index (χ1) is 23.3. The van der Waals surface area contributed by atoms with Gasteiger partial charge in [0, 0.05) is 44.5 Å². The third-order valence-electron chi connectivity index (χ3n) is 8.50. The molecular weight excluding hydrogens is 652 g/mol. The molecule has 0 radical (unpaired) electrons. The first kappa shape index (κ1) is 35.5.